The molecule has 2 unspecified atom stereocenters. The van der Waals surface area contributed by atoms with E-state index in [-0.39, 0.29) is 41.0 Å². The number of fused-ring (bicyclic) bond motifs is 1. The zero-order valence-corrected chi connectivity index (χ0v) is 21.2. The number of imidazole rings is 1. The number of H-pyrrole nitrogens is 1. The molecule has 2 aliphatic rings. The molecule has 196 valence electrons. The van der Waals surface area contributed by atoms with Gasteiger partial charge in [-0.15, -0.1) is 0 Å². The van der Waals surface area contributed by atoms with Crippen LogP contribution >= 0.6 is 11.6 Å². The predicted molar refractivity (Wildman–Crippen MR) is 137 cm³/mol. The monoisotopic (exact) mass is 530 g/mol. The summed E-state index contributed by atoms with van der Waals surface area (Å²) < 4.78 is 16.1. The number of nitrogens with one attached hydrogen (secondary N) is 3. The van der Waals surface area contributed by atoms with Gasteiger partial charge in [-0.3, -0.25) is 19.1 Å². The Bertz CT molecular complexity index is 1440. The fourth-order valence-electron chi connectivity index (χ4n) is 5.84. The minimum absolute atomic E-state index is 0.0692. The Labute approximate surface area is 216 Å². The molecule has 0 saturated heterocycles. The maximum Gasteiger partial charge on any atom is 0.329 e. The second kappa shape index (κ2) is 9.46. The first-order valence-corrected chi connectivity index (χ1v) is 12.4. The number of halogens is 2. The van der Waals surface area contributed by atoms with Crippen molar-refractivity contribution < 1.29 is 14.3 Å². The second-order valence-electron chi connectivity index (χ2n) is 10.2. The van der Waals surface area contributed by atoms with Crippen LogP contribution < -0.4 is 21.9 Å². The van der Waals surface area contributed by atoms with E-state index in [2.05, 4.69) is 20.6 Å². The lowest BCUT2D eigenvalue weighted by atomic mass is 9.92. The van der Waals surface area contributed by atoms with Crippen LogP contribution in [0.25, 0.3) is 0 Å². The summed E-state index contributed by atoms with van der Waals surface area (Å²) in [6.07, 6.45) is 4.32. The average molecular weight is 531 g/mol. The molecule has 0 radical (unpaired) electrons. The van der Waals surface area contributed by atoms with E-state index in [1.807, 2.05) is 0 Å². The summed E-state index contributed by atoms with van der Waals surface area (Å²) >= 11 is 5.84. The third kappa shape index (κ3) is 4.93. The molecule has 37 heavy (non-hydrogen) atoms. The van der Waals surface area contributed by atoms with Crippen LogP contribution in [0.3, 0.4) is 0 Å². The zero-order valence-electron chi connectivity index (χ0n) is 20.4. The average Bonchev–Trinajstić information content (AvgIpc) is 3.49. The van der Waals surface area contributed by atoms with E-state index in [1.165, 1.54) is 31.3 Å². The van der Waals surface area contributed by atoms with E-state index in [4.69, 9.17) is 11.6 Å². The molecule has 0 bridgehead atoms. The van der Waals surface area contributed by atoms with Crippen LogP contribution in [0.2, 0.25) is 5.02 Å². The molecule has 12 heteroatoms. The molecular formula is C25H28ClFN6O4. The van der Waals surface area contributed by atoms with Crippen molar-refractivity contribution in [2.75, 3.05) is 17.2 Å². The highest BCUT2D eigenvalue weighted by Crippen LogP contribution is 2.54. The van der Waals surface area contributed by atoms with Crippen molar-refractivity contribution in [2.24, 2.45) is 25.9 Å². The van der Waals surface area contributed by atoms with Crippen LogP contribution in [0.1, 0.15) is 47.8 Å². The van der Waals surface area contributed by atoms with Crippen molar-refractivity contribution >= 4 is 29.0 Å². The van der Waals surface area contributed by atoms with E-state index in [1.54, 1.807) is 17.9 Å². The Morgan fingerprint density at radius 2 is 1.95 bits per heavy atom. The summed E-state index contributed by atoms with van der Waals surface area (Å²) in [7, 11) is 3.15. The Morgan fingerprint density at radius 3 is 2.59 bits per heavy atom. The Balaban J connectivity index is 1.24. The van der Waals surface area contributed by atoms with Crippen LogP contribution in [0, 0.1) is 17.7 Å². The molecule has 2 aromatic heterocycles. The number of aromatic amines is 1. The Morgan fingerprint density at radius 1 is 1.24 bits per heavy atom. The van der Waals surface area contributed by atoms with Gasteiger partial charge in [0.25, 0.3) is 11.5 Å². The summed E-state index contributed by atoms with van der Waals surface area (Å²) in [5.41, 5.74) is -0.376. The second-order valence-corrected chi connectivity index (χ2v) is 10.6. The molecule has 5 rings (SSSR count). The molecular weight excluding hydrogens is 503 g/mol. The summed E-state index contributed by atoms with van der Waals surface area (Å²) in [6.45, 7) is 0.214. The quantitative estimate of drug-likeness (QED) is 0.387. The van der Waals surface area contributed by atoms with Gasteiger partial charge in [-0.25, -0.2) is 14.2 Å². The first-order valence-electron chi connectivity index (χ1n) is 12.1. The molecule has 10 nitrogen and oxygen atoms in total. The third-order valence-corrected chi connectivity index (χ3v) is 7.91. The number of aliphatic hydroxyl groups is 1. The number of nitrogens with zero attached hydrogens (tertiary/aromatic N) is 3. The van der Waals surface area contributed by atoms with Crippen LogP contribution in [-0.4, -0.2) is 42.3 Å². The predicted octanol–water partition coefficient (Wildman–Crippen LogP) is 2.60. The molecule has 2 heterocycles. The maximum atomic E-state index is 13.5. The molecule has 3 aromatic rings. The van der Waals surface area contributed by atoms with Crippen molar-refractivity contribution in [3.63, 3.8) is 0 Å². The number of amides is 1. The molecule has 4 N–H and O–H groups in total. The number of aryl methyl sites for hydroxylation is 1. The van der Waals surface area contributed by atoms with Gasteiger partial charge in [0.05, 0.1) is 22.6 Å². The minimum atomic E-state index is -0.968. The van der Waals surface area contributed by atoms with Crippen molar-refractivity contribution in [3.8, 4) is 0 Å². The molecule has 2 saturated carbocycles. The minimum Gasteiger partial charge on any atom is -0.388 e. The number of benzene rings is 1. The fourth-order valence-corrected chi connectivity index (χ4v) is 6.02. The highest BCUT2D eigenvalue weighted by atomic mass is 35.5. The van der Waals surface area contributed by atoms with Gasteiger partial charge in [-0.1, -0.05) is 11.6 Å². The molecule has 1 amide bonds. The Hall–Kier alpha value is -3.44. The lowest BCUT2D eigenvalue weighted by Crippen LogP contribution is -2.37. The van der Waals surface area contributed by atoms with E-state index in [0.717, 1.165) is 17.4 Å². The highest BCUT2D eigenvalue weighted by molar-refractivity contribution is 6.31. The summed E-state index contributed by atoms with van der Waals surface area (Å²) in [4.78, 5) is 43.9. The Kier molecular flexibility index (Phi) is 6.45. The van der Waals surface area contributed by atoms with Crippen molar-refractivity contribution in [1.82, 2.24) is 19.1 Å². The summed E-state index contributed by atoms with van der Waals surface area (Å²) in [5, 5.41) is 16.9. The molecule has 0 aliphatic heterocycles. The number of hydrogen-bond donors (Lipinski definition) is 4. The van der Waals surface area contributed by atoms with Crippen molar-refractivity contribution in [3.05, 3.63) is 73.7 Å². The fraction of sp³-hybridized carbons (Fsp3) is 0.440. The van der Waals surface area contributed by atoms with Gasteiger partial charge in [0.1, 0.15) is 17.3 Å². The SMILES string of the molecule is Cn1cnc(C2CC3CC(O)(CNc4cc(=O)n(C)c(=O)[nH]4)CC3C2)c1C(=O)Nc1ccc(F)c(Cl)c1. The number of carbonyl (C=O) groups excluding carboxylic acids is 1. The highest BCUT2D eigenvalue weighted by Gasteiger charge is 2.49. The lowest BCUT2D eigenvalue weighted by molar-refractivity contribution is 0.0514. The van der Waals surface area contributed by atoms with Crippen LogP contribution in [0.15, 0.2) is 40.2 Å². The van der Waals surface area contributed by atoms with Gasteiger partial charge < -0.3 is 20.3 Å². The standard InChI is InChI=1S/C25H28ClFN6O4/c1-32-12-29-21(22(32)23(35)30-16-3-4-18(27)17(26)7-16)13-5-14-9-25(37,10-15(14)6-13)11-28-19-8-20(34)33(2)24(36)31-19/h3-4,7-8,12-15,28,37H,5-6,9-11H2,1-2H3,(H,30,35)(H,31,36). The number of aromatic nitrogens is 4. The van der Waals surface area contributed by atoms with Crippen molar-refractivity contribution in [2.45, 2.75) is 37.2 Å². The third-order valence-electron chi connectivity index (χ3n) is 7.62. The van der Waals surface area contributed by atoms with E-state index >= 15 is 0 Å². The van der Waals surface area contributed by atoms with Crippen LogP contribution in [0.4, 0.5) is 15.9 Å². The van der Waals surface area contributed by atoms with Crippen molar-refractivity contribution in [1.29, 1.82) is 0 Å². The van der Waals surface area contributed by atoms with E-state index in [0.29, 0.717) is 29.9 Å². The first kappa shape index (κ1) is 25.2. The summed E-state index contributed by atoms with van der Waals surface area (Å²) in [6, 6.07) is 5.31. The van der Waals surface area contributed by atoms with Gasteiger partial charge in [-0.05, 0) is 55.7 Å². The smallest absolute Gasteiger partial charge is 0.329 e. The molecule has 2 aliphatic carbocycles. The van der Waals surface area contributed by atoms with Gasteiger partial charge in [0, 0.05) is 38.3 Å². The van der Waals surface area contributed by atoms with Gasteiger partial charge in [0.15, 0.2) is 0 Å². The lowest BCUT2D eigenvalue weighted by Gasteiger charge is -2.25. The van der Waals surface area contributed by atoms with Crippen LogP contribution in [-0.2, 0) is 14.1 Å². The summed E-state index contributed by atoms with van der Waals surface area (Å²) in [5.74, 6) is -0.0438. The maximum absolute atomic E-state index is 13.5. The number of carbonyl (C=O) groups is 1. The first-order chi connectivity index (χ1) is 17.5. The molecule has 2 fully saturated rings. The molecule has 2 atom stereocenters. The van der Waals surface area contributed by atoms with E-state index in [9.17, 15) is 23.9 Å². The van der Waals surface area contributed by atoms with E-state index < -0.39 is 22.7 Å². The topological polar surface area (TPSA) is 134 Å². The molecule has 1 aromatic carbocycles. The van der Waals surface area contributed by atoms with Gasteiger partial charge in [-0.2, -0.15) is 0 Å². The van der Waals surface area contributed by atoms with Gasteiger partial charge >= 0.3 is 5.69 Å². The molecule has 0 spiro atoms. The number of rotatable bonds is 6. The largest absolute Gasteiger partial charge is 0.388 e. The van der Waals surface area contributed by atoms with Crippen LogP contribution in [0.5, 0.6) is 0 Å². The zero-order chi connectivity index (χ0) is 26.5. The number of anilines is 2. The number of hydrogen-bond acceptors (Lipinski definition) is 6. The van der Waals surface area contributed by atoms with Gasteiger partial charge in [0.2, 0.25) is 0 Å². The normalized spacial score (nSPS) is 24.7.